The number of hydrogen-bond donors (Lipinski definition) is 2. The zero-order valence-electron chi connectivity index (χ0n) is 13.9. The Morgan fingerprint density at radius 3 is 2.48 bits per heavy atom. The van der Waals surface area contributed by atoms with Gasteiger partial charge in [-0.2, -0.15) is 0 Å². The maximum absolute atomic E-state index is 12.0. The quantitative estimate of drug-likeness (QED) is 0.858. The zero-order valence-corrected chi connectivity index (χ0v) is 13.9. The van der Waals surface area contributed by atoms with Crippen LogP contribution >= 0.6 is 0 Å². The Kier molecular flexibility index (Phi) is 5.77. The molecule has 0 unspecified atom stereocenters. The molecule has 2 aromatic rings. The van der Waals surface area contributed by atoms with Crippen molar-refractivity contribution in [3.05, 3.63) is 59.7 Å². The molecule has 3 N–H and O–H groups in total. The third kappa shape index (κ3) is 4.83. The first-order valence-corrected chi connectivity index (χ1v) is 7.81. The maximum atomic E-state index is 12.0. The molecule has 0 bridgehead atoms. The fourth-order valence-electron chi connectivity index (χ4n) is 2.13. The highest BCUT2D eigenvalue weighted by molar-refractivity contribution is 5.95. The molecular weight excluding hydrogens is 288 g/mol. The number of amides is 1. The molecule has 0 aliphatic rings. The highest BCUT2D eigenvalue weighted by atomic mass is 16.5. The molecule has 0 aliphatic carbocycles. The number of anilines is 1. The van der Waals surface area contributed by atoms with E-state index in [9.17, 15) is 4.79 Å². The predicted molar refractivity (Wildman–Crippen MR) is 93.4 cm³/mol. The number of carbonyl (C=O) groups is 1. The van der Waals surface area contributed by atoms with Gasteiger partial charge >= 0.3 is 0 Å². The van der Waals surface area contributed by atoms with E-state index in [0.29, 0.717) is 6.61 Å². The fraction of sp³-hybridized carbons (Fsp3) is 0.316. The molecule has 0 heterocycles. The Bertz CT molecular complexity index is 654. The van der Waals surface area contributed by atoms with Crippen molar-refractivity contribution < 1.29 is 9.53 Å². The largest absolute Gasteiger partial charge is 0.489 e. The van der Waals surface area contributed by atoms with Crippen molar-refractivity contribution in [3.8, 4) is 5.75 Å². The first-order valence-electron chi connectivity index (χ1n) is 7.81. The van der Waals surface area contributed by atoms with Crippen LogP contribution in [0.4, 0.5) is 5.69 Å². The fourth-order valence-corrected chi connectivity index (χ4v) is 2.13. The van der Waals surface area contributed by atoms with E-state index in [1.807, 2.05) is 69.3 Å². The van der Waals surface area contributed by atoms with Gasteiger partial charge in [0.1, 0.15) is 12.4 Å². The van der Waals surface area contributed by atoms with Gasteiger partial charge in [-0.1, -0.05) is 44.2 Å². The van der Waals surface area contributed by atoms with Crippen LogP contribution in [0.3, 0.4) is 0 Å². The van der Waals surface area contributed by atoms with Crippen LogP contribution in [0.15, 0.2) is 48.5 Å². The molecule has 2 rings (SSSR count). The SMILES string of the molecule is Cc1cc(OCc2ccccc2)ccc1NC(=O)[C@@H](N)C(C)C. The normalized spacial score (nSPS) is 12.0. The Balaban J connectivity index is 1.99. The maximum Gasteiger partial charge on any atom is 0.241 e. The van der Waals surface area contributed by atoms with Gasteiger partial charge in [-0.05, 0) is 42.2 Å². The number of aryl methyl sites for hydroxylation is 1. The van der Waals surface area contributed by atoms with E-state index in [1.54, 1.807) is 0 Å². The molecule has 0 saturated carbocycles. The smallest absolute Gasteiger partial charge is 0.241 e. The van der Waals surface area contributed by atoms with Crippen LogP contribution in [-0.2, 0) is 11.4 Å². The lowest BCUT2D eigenvalue weighted by atomic mass is 10.0. The standard InChI is InChI=1S/C19H24N2O2/c1-13(2)18(20)19(22)21-17-10-9-16(11-14(17)3)23-12-15-7-5-4-6-8-15/h4-11,13,18H,12,20H2,1-3H3,(H,21,22)/t18-/m0/s1. The number of benzene rings is 2. The molecule has 1 amide bonds. The first kappa shape index (κ1) is 17.0. The van der Waals surface area contributed by atoms with Crippen molar-refractivity contribution in [2.75, 3.05) is 5.32 Å². The lowest BCUT2D eigenvalue weighted by Gasteiger charge is -2.17. The Hall–Kier alpha value is -2.33. The number of ether oxygens (including phenoxy) is 1. The van der Waals surface area contributed by atoms with Gasteiger partial charge in [-0.3, -0.25) is 4.79 Å². The summed E-state index contributed by atoms with van der Waals surface area (Å²) in [7, 11) is 0. The van der Waals surface area contributed by atoms with Crippen LogP contribution < -0.4 is 15.8 Å². The van der Waals surface area contributed by atoms with Gasteiger partial charge in [0, 0.05) is 5.69 Å². The highest BCUT2D eigenvalue weighted by Gasteiger charge is 2.17. The molecule has 0 aliphatic heterocycles. The molecule has 0 spiro atoms. The summed E-state index contributed by atoms with van der Waals surface area (Å²) in [5.74, 6) is 0.711. The second-order valence-corrected chi connectivity index (χ2v) is 6.01. The molecule has 1 atom stereocenters. The van der Waals surface area contributed by atoms with Gasteiger partial charge in [0.2, 0.25) is 5.91 Å². The minimum absolute atomic E-state index is 0.101. The van der Waals surface area contributed by atoms with Crippen molar-refractivity contribution >= 4 is 11.6 Å². The number of carbonyl (C=O) groups excluding carboxylic acids is 1. The van der Waals surface area contributed by atoms with Crippen LogP contribution in [0, 0.1) is 12.8 Å². The van der Waals surface area contributed by atoms with Crippen LogP contribution in [0.2, 0.25) is 0 Å². The first-order chi connectivity index (χ1) is 11.0. The average Bonchev–Trinajstić information content (AvgIpc) is 2.55. The molecule has 4 nitrogen and oxygen atoms in total. The lowest BCUT2D eigenvalue weighted by Crippen LogP contribution is -2.39. The molecular formula is C19H24N2O2. The van der Waals surface area contributed by atoms with E-state index in [0.717, 1.165) is 22.6 Å². The lowest BCUT2D eigenvalue weighted by molar-refractivity contribution is -0.118. The van der Waals surface area contributed by atoms with Crippen LogP contribution in [0.5, 0.6) is 5.75 Å². The molecule has 2 aromatic carbocycles. The Labute approximate surface area is 137 Å². The van der Waals surface area contributed by atoms with E-state index in [4.69, 9.17) is 10.5 Å². The average molecular weight is 312 g/mol. The summed E-state index contributed by atoms with van der Waals surface area (Å²) < 4.78 is 5.78. The van der Waals surface area contributed by atoms with Gasteiger partial charge in [0.05, 0.1) is 6.04 Å². The molecule has 0 radical (unpaired) electrons. The van der Waals surface area contributed by atoms with Gasteiger partial charge < -0.3 is 15.8 Å². The second-order valence-electron chi connectivity index (χ2n) is 6.01. The topological polar surface area (TPSA) is 64.3 Å². The van der Waals surface area contributed by atoms with Gasteiger partial charge in [-0.15, -0.1) is 0 Å². The van der Waals surface area contributed by atoms with E-state index in [2.05, 4.69) is 5.32 Å². The monoisotopic (exact) mass is 312 g/mol. The zero-order chi connectivity index (χ0) is 16.8. The van der Waals surface area contributed by atoms with E-state index in [-0.39, 0.29) is 11.8 Å². The summed E-state index contributed by atoms with van der Waals surface area (Å²) in [6.07, 6.45) is 0. The molecule has 0 aromatic heterocycles. The van der Waals surface area contributed by atoms with E-state index < -0.39 is 6.04 Å². The van der Waals surface area contributed by atoms with Gasteiger partial charge in [0.25, 0.3) is 0 Å². The van der Waals surface area contributed by atoms with Crippen molar-refractivity contribution in [1.82, 2.24) is 0 Å². The number of rotatable bonds is 6. The summed E-state index contributed by atoms with van der Waals surface area (Å²) in [5.41, 5.74) is 8.69. The van der Waals surface area contributed by atoms with Crippen LogP contribution in [0.1, 0.15) is 25.0 Å². The molecule has 0 saturated heterocycles. The van der Waals surface area contributed by atoms with Crippen LogP contribution in [-0.4, -0.2) is 11.9 Å². The molecule has 122 valence electrons. The summed E-state index contributed by atoms with van der Waals surface area (Å²) in [6, 6.07) is 15.1. The van der Waals surface area contributed by atoms with Crippen molar-refractivity contribution in [1.29, 1.82) is 0 Å². The second kappa shape index (κ2) is 7.79. The summed E-state index contributed by atoms with van der Waals surface area (Å²) in [4.78, 5) is 12.0. The third-order valence-electron chi connectivity index (χ3n) is 3.73. The van der Waals surface area contributed by atoms with Gasteiger partial charge in [0.15, 0.2) is 0 Å². The molecule has 0 fully saturated rings. The van der Waals surface area contributed by atoms with Crippen LogP contribution in [0.25, 0.3) is 0 Å². The van der Waals surface area contributed by atoms with Crippen molar-refractivity contribution in [2.24, 2.45) is 11.7 Å². The minimum atomic E-state index is -0.511. The van der Waals surface area contributed by atoms with Crippen molar-refractivity contribution in [3.63, 3.8) is 0 Å². The minimum Gasteiger partial charge on any atom is -0.489 e. The molecule has 23 heavy (non-hydrogen) atoms. The summed E-state index contributed by atoms with van der Waals surface area (Å²) >= 11 is 0. The van der Waals surface area contributed by atoms with E-state index in [1.165, 1.54) is 0 Å². The summed E-state index contributed by atoms with van der Waals surface area (Å²) in [6.45, 7) is 6.31. The van der Waals surface area contributed by atoms with Gasteiger partial charge in [-0.25, -0.2) is 0 Å². The Morgan fingerprint density at radius 1 is 1.17 bits per heavy atom. The van der Waals surface area contributed by atoms with Crippen molar-refractivity contribution in [2.45, 2.75) is 33.4 Å². The van der Waals surface area contributed by atoms with E-state index >= 15 is 0 Å². The Morgan fingerprint density at radius 2 is 1.87 bits per heavy atom. The number of nitrogens with two attached hydrogens (primary N) is 1. The third-order valence-corrected chi connectivity index (χ3v) is 3.73. The summed E-state index contributed by atoms with van der Waals surface area (Å²) in [5, 5.41) is 2.87. The number of hydrogen-bond acceptors (Lipinski definition) is 3. The number of nitrogens with one attached hydrogen (secondary N) is 1. The molecule has 4 heteroatoms. The predicted octanol–water partition coefficient (Wildman–Crippen LogP) is 3.50. The highest BCUT2D eigenvalue weighted by Crippen LogP contribution is 2.22.